The normalized spacial score (nSPS) is 44.5. The van der Waals surface area contributed by atoms with E-state index in [0.29, 0.717) is 6.42 Å². The van der Waals surface area contributed by atoms with Crippen LogP contribution in [0.25, 0.3) is 0 Å². The van der Waals surface area contributed by atoms with Gasteiger partial charge in [-0.3, -0.25) is 9.59 Å². The van der Waals surface area contributed by atoms with Crippen molar-refractivity contribution in [1.82, 2.24) is 10.2 Å². The number of aliphatic hydroxyl groups excluding tert-OH is 1. The maximum Gasteiger partial charge on any atom is 0.408 e. The number of nitrogens with zero attached hydrogens (tertiary/aromatic N) is 1. The molecular weight excluding hydrogens is 609 g/mol. The largest absolute Gasteiger partial charge is 0.455 e. The van der Waals surface area contributed by atoms with E-state index in [1.807, 2.05) is 0 Å². The van der Waals surface area contributed by atoms with Crippen molar-refractivity contribution in [2.24, 2.45) is 23.5 Å². The van der Waals surface area contributed by atoms with Gasteiger partial charge in [-0.1, -0.05) is 27.7 Å². The zero-order valence-electron chi connectivity index (χ0n) is 28.3. The van der Waals surface area contributed by atoms with Crippen molar-refractivity contribution in [3.05, 3.63) is 0 Å². The molecule has 0 aromatic rings. The molecule has 2 amide bonds. The number of carbonyl (C=O) groups excluding carboxylic acids is 5. The van der Waals surface area contributed by atoms with Crippen LogP contribution in [0.3, 0.4) is 0 Å². The van der Waals surface area contributed by atoms with E-state index in [0.717, 1.165) is 6.92 Å². The van der Waals surface area contributed by atoms with Crippen LogP contribution >= 0.6 is 0 Å². The Hall–Kier alpha value is -2.88. The highest BCUT2D eigenvalue weighted by Crippen LogP contribution is 2.41. The van der Waals surface area contributed by atoms with Crippen molar-refractivity contribution in [1.29, 1.82) is 0 Å². The highest BCUT2D eigenvalue weighted by molar-refractivity contribution is 6.08. The maximum atomic E-state index is 16.4. The van der Waals surface area contributed by atoms with Crippen LogP contribution in [0.1, 0.15) is 74.7 Å². The summed E-state index contributed by atoms with van der Waals surface area (Å²) in [5, 5.41) is 13.9. The molecule has 0 aliphatic carbocycles. The third-order valence-electron chi connectivity index (χ3n) is 9.82. The molecule has 0 bridgehead atoms. The van der Waals surface area contributed by atoms with Crippen LogP contribution in [0.15, 0.2) is 0 Å². The standard InChI is InChI=1S/C31H50FN3O11/c1-11-19-31(8)22(34-28(41)46-31)16(4)20(36)14(2)13-29(6,45-27(33)40)24(17(5)23(38)30(7,32)26(39)43-19)44-25-21(37)18(35(9)10)12-15(3)42-25/h14-19,21-22,24-25,37H,11-13H2,1-10H3,(H2,33,40)(H,34,41)/t14-,15-,16+,17+,18+,19-,21-,22-,24-,25+,29-,30-,31-/m1/s1. The highest BCUT2D eigenvalue weighted by Gasteiger charge is 2.59. The number of halogens is 1. The number of primary amides is 1. The summed E-state index contributed by atoms with van der Waals surface area (Å²) in [6, 6.07) is -1.45. The molecule has 3 aliphatic rings. The van der Waals surface area contributed by atoms with Gasteiger partial charge in [-0.15, -0.1) is 0 Å². The van der Waals surface area contributed by atoms with E-state index in [1.54, 1.807) is 46.7 Å². The SMILES string of the molecule is CC[C@H]1OC(=O)[C@](C)(F)C(=O)[C@H](C)[C@@H](O[C@@H]2O[C@H](C)C[C@H](N(C)C)[C@H]2O)[C@](C)(OC(N)=O)C[C@@H](C)C(=O)[C@H](C)[C@H]2NC(=O)O[C@@]21C. The van der Waals surface area contributed by atoms with Gasteiger partial charge in [-0.05, 0) is 61.1 Å². The van der Waals surface area contributed by atoms with Crippen LogP contribution in [0, 0.1) is 17.8 Å². The maximum absolute atomic E-state index is 16.4. The summed E-state index contributed by atoms with van der Waals surface area (Å²) in [5.41, 5.74) is -1.27. The fraction of sp³-hybridized carbons (Fsp3) is 0.839. The summed E-state index contributed by atoms with van der Waals surface area (Å²) in [7, 11) is 3.52. The van der Waals surface area contributed by atoms with Crippen LogP contribution in [0.5, 0.6) is 0 Å². The smallest absolute Gasteiger partial charge is 0.408 e. The van der Waals surface area contributed by atoms with E-state index in [2.05, 4.69) is 5.32 Å². The predicted molar refractivity (Wildman–Crippen MR) is 160 cm³/mol. The van der Waals surface area contributed by atoms with Crippen molar-refractivity contribution in [2.45, 2.75) is 134 Å². The Morgan fingerprint density at radius 1 is 1.11 bits per heavy atom. The van der Waals surface area contributed by atoms with Crippen LogP contribution in [-0.4, -0.2) is 113 Å². The molecule has 3 fully saturated rings. The molecule has 0 unspecified atom stereocenters. The fourth-order valence-corrected chi connectivity index (χ4v) is 7.32. The monoisotopic (exact) mass is 659 g/mol. The van der Waals surface area contributed by atoms with Crippen LogP contribution in [0.2, 0.25) is 0 Å². The number of alkyl halides is 1. The van der Waals surface area contributed by atoms with Crippen molar-refractivity contribution in [3.63, 3.8) is 0 Å². The van der Waals surface area contributed by atoms with E-state index >= 15 is 4.39 Å². The van der Waals surface area contributed by atoms with E-state index in [4.69, 9.17) is 29.4 Å². The Kier molecular flexibility index (Phi) is 11.2. The average Bonchev–Trinajstić information content (AvgIpc) is 3.27. The Morgan fingerprint density at radius 2 is 1.72 bits per heavy atom. The van der Waals surface area contributed by atoms with E-state index in [1.165, 1.54) is 20.8 Å². The lowest BCUT2D eigenvalue weighted by atomic mass is 9.73. The predicted octanol–water partition coefficient (Wildman–Crippen LogP) is 2.02. The number of alkyl carbamates (subject to hydrolysis) is 1. The number of rotatable bonds is 5. The van der Waals surface area contributed by atoms with Gasteiger partial charge in [-0.2, -0.15) is 0 Å². The number of aliphatic hydroxyl groups is 1. The summed E-state index contributed by atoms with van der Waals surface area (Å²) in [6.07, 6.45) is -7.79. The molecular formula is C31H50FN3O11. The van der Waals surface area contributed by atoms with Crippen LogP contribution in [0.4, 0.5) is 14.0 Å². The van der Waals surface area contributed by atoms with Crippen molar-refractivity contribution in [3.8, 4) is 0 Å². The molecule has 46 heavy (non-hydrogen) atoms. The van der Waals surface area contributed by atoms with Crippen molar-refractivity contribution < 1.29 is 57.2 Å². The first kappa shape index (κ1) is 37.6. The summed E-state index contributed by atoms with van der Waals surface area (Å²) in [6.45, 7) is 11.4. The molecule has 3 heterocycles. The zero-order chi connectivity index (χ0) is 35.1. The highest BCUT2D eigenvalue weighted by atomic mass is 19.1. The van der Waals surface area contributed by atoms with Gasteiger partial charge in [-0.25, -0.2) is 18.8 Å². The number of ether oxygens (including phenoxy) is 5. The summed E-state index contributed by atoms with van der Waals surface area (Å²) < 4.78 is 45.3. The van der Waals surface area contributed by atoms with Gasteiger partial charge in [0.25, 0.3) is 5.67 Å². The Morgan fingerprint density at radius 3 is 2.26 bits per heavy atom. The van der Waals surface area contributed by atoms with Crippen molar-refractivity contribution in [2.75, 3.05) is 14.1 Å². The van der Waals surface area contributed by atoms with Crippen molar-refractivity contribution >= 4 is 29.7 Å². The van der Waals surface area contributed by atoms with E-state index < -0.39 is 101 Å². The minimum atomic E-state index is -3.26. The topological polar surface area (TPSA) is 193 Å². The first-order valence-corrected chi connectivity index (χ1v) is 15.7. The number of likely N-dealkylation sites (N-methyl/N-ethyl adjacent to an activating group) is 1. The third kappa shape index (κ3) is 7.16. The molecule has 0 radical (unpaired) electrons. The Labute approximate surface area is 269 Å². The number of ketones is 2. The van der Waals surface area contributed by atoms with Gasteiger partial charge in [0.2, 0.25) is 0 Å². The number of amides is 2. The molecule has 262 valence electrons. The molecule has 3 aliphatic heterocycles. The van der Waals surface area contributed by atoms with E-state index in [-0.39, 0.29) is 18.6 Å². The third-order valence-corrected chi connectivity index (χ3v) is 9.82. The molecule has 3 rings (SSSR count). The Balaban J connectivity index is 2.20. The molecule has 3 saturated heterocycles. The number of nitrogens with two attached hydrogens (primary N) is 1. The Bertz CT molecular complexity index is 1200. The first-order valence-electron chi connectivity index (χ1n) is 15.7. The lowest BCUT2D eigenvalue weighted by molar-refractivity contribution is -0.292. The molecule has 14 nitrogen and oxygen atoms in total. The number of fused-ring (bicyclic) bond motifs is 1. The summed E-state index contributed by atoms with van der Waals surface area (Å²) >= 11 is 0. The summed E-state index contributed by atoms with van der Waals surface area (Å²) in [5.74, 6) is -6.61. The molecule has 13 atom stereocenters. The fourth-order valence-electron chi connectivity index (χ4n) is 7.32. The number of esters is 1. The molecule has 0 spiro atoms. The number of hydrogen-bond donors (Lipinski definition) is 3. The lowest BCUT2D eigenvalue weighted by Crippen LogP contribution is -2.62. The van der Waals surface area contributed by atoms with Crippen LogP contribution in [-0.2, 0) is 38.1 Å². The molecule has 0 aromatic heterocycles. The van der Waals surface area contributed by atoms with Gasteiger partial charge in [0.05, 0.1) is 12.1 Å². The van der Waals surface area contributed by atoms with Gasteiger partial charge >= 0.3 is 18.2 Å². The quantitative estimate of drug-likeness (QED) is 0.221. The van der Waals surface area contributed by atoms with E-state index in [9.17, 15) is 29.1 Å². The number of cyclic esters (lactones) is 1. The van der Waals surface area contributed by atoms with Gasteiger partial charge in [0.15, 0.2) is 17.7 Å². The number of carbonyl (C=O) groups is 5. The zero-order valence-corrected chi connectivity index (χ0v) is 28.3. The number of hydrogen-bond acceptors (Lipinski definition) is 12. The second-order valence-corrected chi connectivity index (χ2v) is 13.8. The average molecular weight is 660 g/mol. The minimum absolute atomic E-state index is 0.0579. The second-order valence-electron chi connectivity index (χ2n) is 13.8. The molecule has 4 N–H and O–H groups in total. The summed E-state index contributed by atoms with van der Waals surface area (Å²) in [4.78, 5) is 67.9. The first-order chi connectivity index (χ1) is 21.1. The van der Waals surface area contributed by atoms with Gasteiger partial charge in [0, 0.05) is 23.8 Å². The number of nitrogens with one attached hydrogen (secondary N) is 1. The minimum Gasteiger partial charge on any atom is -0.455 e. The van der Waals surface area contributed by atoms with Gasteiger partial charge in [0.1, 0.15) is 29.7 Å². The molecule has 0 aromatic carbocycles. The number of Topliss-reactive ketones (excluding diaryl/α,β-unsaturated/α-hetero) is 2. The van der Waals surface area contributed by atoms with Gasteiger partial charge < -0.3 is 44.7 Å². The molecule has 15 heteroatoms. The second kappa shape index (κ2) is 13.7. The molecule has 0 saturated carbocycles. The lowest BCUT2D eigenvalue weighted by Gasteiger charge is -2.47. The van der Waals surface area contributed by atoms with Crippen LogP contribution < -0.4 is 11.1 Å².